The minimum Gasteiger partial charge on any atom is -0.374 e. The average molecular weight is 268 g/mol. The second-order valence-electron chi connectivity index (χ2n) is 4.77. The number of amides is 1. The van der Waals surface area contributed by atoms with Gasteiger partial charge in [-0.05, 0) is 19.3 Å². The Morgan fingerprint density at radius 1 is 1.50 bits per heavy atom. The van der Waals surface area contributed by atoms with Gasteiger partial charge in [-0.1, -0.05) is 17.7 Å². The number of allylic oxidation sites excluding steroid dienone is 2. The maximum atomic E-state index is 12.0. The Bertz CT molecular complexity index is 650. The molecule has 1 aromatic heterocycles. The van der Waals surface area contributed by atoms with Gasteiger partial charge in [0, 0.05) is 19.7 Å². The van der Waals surface area contributed by atoms with Gasteiger partial charge in [-0.3, -0.25) is 10.1 Å². The van der Waals surface area contributed by atoms with Crippen LogP contribution in [0.4, 0.5) is 11.6 Å². The fraction of sp³-hybridized carbons (Fsp3) is 0.267. The largest absolute Gasteiger partial charge is 0.374 e. The number of hydrogen-bond acceptors (Lipinski definition) is 4. The number of aromatic nitrogens is 2. The Morgan fingerprint density at radius 3 is 2.80 bits per heavy atom. The Balaban J connectivity index is 2.19. The molecule has 1 aliphatic carbocycles. The summed E-state index contributed by atoms with van der Waals surface area (Å²) in [5.41, 5.74) is 2.97. The Kier molecular flexibility index (Phi) is 3.85. The first-order chi connectivity index (χ1) is 9.51. The van der Waals surface area contributed by atoms with E-state index in [4.69, 9.17) is 6.42 Å². The van der Waals surface area contributed by atoms with Crippen LogP contribution in [0.2, 0.25) is 0 Å². The van der Waals surface area contributed by atoms with Gasteiger partial charge >= 0.3 is 0 Å². The molecule has 0 spiro atoms. The molecule has 0 bridgehead atoms. The van der Waals surface area contributed by atoms with Crippen molar-refractivity contribution in [1.29, 1.82) is 0 Å². The van der Waals surface area contributed by atoms with Crippen molar-refractivity contribution in [3.63, 3.8) is 0 Å². The number of anilines is 2. The van der Waals surface area contributed by atoms with Crippen molar-refractivity contribution >= 4 is 17.5 Å². The lowest BCUT2D eigenvalue weighted by atomic mass is 10.2. The minimum atomic E-state index is -0.220. The van der Waals surface area contributed by atoms with E-state index in [9.17, 15) is 4.79 Å². The highest BCUT2D eigenvalue weighted by atomic mass is 16.1. The molecule has 5 nitrogen and oxygen atoms in total. The smallest absolute Gasteiger partial charge is 0.257 e. The summed E-state index contributed by atoms with van der Waals surface area (Å²) in [6.45, 7) is 1.98. The molecule has 0 fully saturated rings. The molecule has 0 saturated carbocycles. The standard InChI is InChI=1S/C15H16N4O/c1-5-12-13(19(3)4)9-16-15(17-12)18-14(20)11-7-6-10(2)8-11/h1,7-9H,6H2,2-4H3,(H,16,17,18,20). The molecular weight excluding hydrogens is 252 g/mol. The maximum absolute atomic E-state index is 12.0. The molecule has 2 rings (SSSR count). The molecule has 5 heteroatoms. The summed E-state index contributed by atoms with van der Waals surface area (Å²) in [4.78, 5) is 22.1. The maximum Gasteiger partial charge on any atom is 0.257 e. The zero-order valence-corrected chi connectivity index (χ0v) is 11.8. The second kappa shape index (κ2) is 5.57. The summed E-state index contributed by atoms with van der Waals surface area (Å²) in [6.07, 6.45) is 11.6. The highest BCUT2D eigenvalue weighted by Crippen LogP contribution is 2.19. The van der Waals surface area contributed by atoms with Crippen LogP contribution in [-0.2, 0) is 4.79 Å². The van der Waals surface area contributed by atoms with Crippen LogP contribution in [0, 0.1) is 12.3 Å². The first-order valence-corrected chi connectivity index (χ1v) is 6.21. The lowest BCUT2D eigenvalue weighted by Gasteiger charge is -2.14. The van der Waals surface area contributed by atoms with Crippen LogP contribution in [0.15, 0.2) is 29.5 Å². The van der Waals surface area contributed by atoms with Crippen molar-refractivity contribution in [3.8, 4) is 12.3 Å². The van der Waals surface area contributed by atoms with Crippen LogP contribution in [0.5, 0.6) is 0 Å². The van der Waals surface area contributed by atoms with E-state index >= 15 is 0 Å². The van der Waals surface area contributed by atoms with Gasteiger partial charge in [-0.15, -0.1) is 6.42 Å². The van der Waals surface area contributed by atoms with Crippen molar-refractivity contribution in [1.82, 2.24) is 9.97 Å². The molecule has 0 atom stereocenters. The molecular formula is C15H16N4O. The molecule has 1 N–H and O–H groups in total. The van der Waals surface area contributed by atoms with E-state index < -0.39 is 0 Å². The molecule has 102 valence electrons. The van der Waals surface area contributed by atoms with Gasteiger partial charge in [-0.25, -0.2) is 9.97 Å². The predicted octanol–water partition coefficient (Wildman–Crippen LogP) is 1.74. The molecule has 0 aliphatic heterocycles. The normalized spacial score (nSPS) is 13.3. The quantitative estimate of drug-likeness (QED) is 0.848. The van der Waals surface area contributed by atoms with Gasteiger partial charge in [0.25, 0.3) is 5.91 Å². The van der Waals surface area contributed by atoms with Gasteiger partial charge in [0.1, 0.15) is 5.69 Å². The van der Waals surface area contributed by atoms with Crippen LogP contribution in [0.3, 0.4) is 0 Å². The van der Waals surface area contributed by atoms with Crippen molar-refractivity contribution in [3.05, 3.63) is 35.2 Å². The fourth-order valence-corrected chi connectivity index (χ4v) is 1.86. The third-order valence-corrected chi connectivity index (χ3v) is 2.92. The number of nitrogens with one attached hydrogen (secondary N) is 1. The van der Waals surface area contributed by atoms with E-state index in [0.29, 0.717) is 11.3 Å². The average Bonchev–Trinajstić information content (AvgIpc) is 2.85. The Morgan fingerprint density at radius 2 is 2.25 bits per heavy atom. The fourth-order valence-electron chi connectivity index (χ4n) is 1.86. The van der Waals surface area contributed by atoms with Gasteiger partial charge in [0.2, 0.25) is 5.95 Å². The summed E-state index contributed by atoms with van der Waals surface area (Å²) in [7, 11) is 3.71. The van der Waals surface area contributed by atoms with E-state index in [1.165, 1.54) is 0 Å². The Hall–Kier alpha value is -2.61. The second-order valence-corrected chi connectivity index (χ2v) is 4.77. The zero-order chi connectivity index (χ0) is 14.7. The van der Waals surface area contributed by atoms with Crippen molar-refractivity contribution in [2.24, 2.45) is 0 Å². The highest BCUT2D eigenvalue weighted by molar-refractivity contribution is 6.05. The predicted molar refractivity (Wildman–Crippen MR) is 79.4 cm³/mol. The highest BCUT2D eigenvalue weighted by Gasteiger charge is 2.14. The van der Waals surface area contributed by atoms with E-state index in [1.807, 2.05) is 38.1 Å². The van der Waals surface area contributed by atoms with Gasteiger partial charge in [-0.2, -0.15) is 0 Å². The zero-order valence-electron chi connectivity index (χ0n) is 11.8. The van der Waals surface area contributed by atoms with Crippen LogP contribution in [-0.4, -0.2) is 30.0 Å². The van der Waals surface area contributed by atoms with Crippen LogP contribution in [0.25, 0.3) is 0 Å². The van der Waals surface area contributed by atoms with Crippen LogP contribution < -0.4 is 10.2 Å². The van der Waals surface area contributed by atoms with Gasteiger partial charge in [0.05, 0.1) is 11.9 Å². The summed E-state index contributed by atoms with van der Waals surface area (Å²) in [6, 6.07) is 0. The Labute approximate surface area is 118 Å². The molecule has 1 amide bonds. The SMILES string of the molecule is C#Cc1nc(NC(=O)C2=CCC(C)=C2)ncc1N(C)C. The van der Waals surface area contributed by atoms with Crippen molar-refractivity contribution in [2.75, 3.05) is 24.3 Å². The molecule has 1 aliphatic rings. The third-order valence-electron chi connectivity index (χ3n) is 2.92. The number of hydrogen-bond donors (Lipinski definition) is 1. The number of nitrogens with zero attached hydrogens (tertiary/aromatic N) is 3. The van der Waals surface area contributed by atoms with E-state index in [2.05, 4.69) is 21.2 Å². The minimum absolute atomic E-state index is 0.215. The summed E-state index contributed by atoms with van der Waals surface area (Å²) < 4.78 is 0. The number of carbonyl (C=O) groups is 1. The van der Waals surface area contributed by atoms with E-state index in [-0.39, 0.29) is 11.9 Å². The lowest BCUT2D eigenvalue weighted by molar-refractivity contribution is -0.112. The summed E-state index contributed by atoms with van der Waals surface area (Å²) in [5, 5.41) is 2.66. The van der Waals surface area contributed by atoms with Crippen LogP contribution >= 0.6 is 0 Å². The molecule has 0 aromatic carbocycles. The van der Waals surface area contributed by atoms with Gasteiger partial charge < -0.3 is 4.90 Å². The number of rotatable bonds is 3. The monoisotopic (exact) mass is 268 g/mol. The summed E-state index contributed by atoms with van der Waals surface area (Å²) in [5.74, 6) is 2.49. The molecule has 0 radical (unpaired) electrons. The number of carbonyl (C=O) groups excluding carboxylic acids is 1. The molecule has 0 unspecified atom stereocenters. The topological polar surface area (TPSA) is 58.1 Å². The lowest BCUT2D eigenvalue weighted by Crippen LogP contribution is -2.17. The first kappa shape index (κ1) is 13.8. The van der Waals surface area contributed by atoms with Crippen molar-refractivity contribution < 1.29 is 4.79 Å². The number of terminal acetylenes is 1. The van der Waals surface area contributed by atoms with Gasteiger partial charge in [0.15, 0.2) is 0 Å². The molecule has 1 aromatic rings. The third kappa shape index (κ3) is 2.86. The molecule has 20 heavy (non-hydrogen) atoms. The molecule has 1 heterocycles. The molecule has 0 saturated heterocycles. The van der Waals surface area contributed by atoms with E-state index in [1.54, 1.807) is 6.20 Å². The van der Waals surface area contributed by atoms with Crippen LogP contribution in [0.1, 0.15) is 19.0 Å². The van der Waals surface area contributed by atoms with E-state index in [0.717, 1.165) is 17.7 Å². The van der Waals surface area contributed by atoms with Crippen molar-refractivity contribution in [2.45, 2.75) is 13.3 Å². The first-order valence-electron chi connectivity index (χ1n) is 6.21. The summed E-state index contributed by atoms with van der Waals surface area (Å²) >= 11 is 0.